The smallest absolute Gasteiger partial charge is 0.391 e. The molecule has 0 N–H and O–H groups in total. The number of anilines is 2. The normalized spacial score (nSPS) is 13.2. The van der Waals surface area contributed by atoms with Gasteiger partial charge in [-0.1, -0.05) is 72.5 Å². The number of carbonyl (C=O) groups excluding carboxylic acids is 1. The number of oxime groups is 2. The Morgan fingerprint density at radius 2 is 1.35 bits per heavy atom. The van der Waals surface area contributed by atoms with Gasteiger partial charge in [0.1, 0.15) is 12.4 Å². The fourth-order valence-electron chi connectivity index (χ4n) is 5.70. The molecular formula is C39H38ClF7N4O7S2. The third-order valence-electron chi connectivity index (χ3n) is 8.81. The monoisotopic (exact) mass is 906 g/mol. The minimum Gasteiger partial charge on any atom is -0.391 e. The maximum atomic E-state index is 14.5. The summed E-state index contributed by atoms with van der Waals surface area (Å²) in [5.41, 5.74) is -14.5. The fraction of sp³-hybridized carbons (Fsp3) is 0.308. The largest absolute Gasteiger partial charge is 0.517 e. The van der Waals surface area contributed by atoms with Crippen LogP contribution in [0, 0.1) is 12.7 Å². The van der Waals surface area contributed by atoms with Crippen LogP contribution < -0.4 is 13.4 Å². The third-order valence-corrected chi connectivity index (χ3v) is 12.1. The van der Waals surface area contributed by atoms with E-state index < -0.39 is 76.0 Å². The lowest BCUT2D eigenvalue weighted by atomic mass is 9.82. The predicted molar refractivity (Wildman–Crippen MR) is 213 cm³/mol. The van der Waals surface area contributed by atoms with Gasteiger partial charge in [0.25, 0.3) is 0 Å². The molecule has 324 valence electrons. The summed E-state index contributed by atoms with van der Waals surface area (Å²) in [6, 6.07) is 17.8. The lowest BCUT2D eigenvalue weighted by Crippen LogP contribution is -2.47. The van der Waals surface area contributed by atoms with Crippen LogP contribution >= 0.6 is 11.6 Å². The van der Waals surface area contributed by atoms with Crippen LogP contribution in [0.3, 0.4) is 0 Å². The summed E-state index contributed by atoms with van der Waals surface area (Å²) in [6.07, 6.45) is -0.144. The fourth-order valence-corrected chi connectivity index (χ4v) is 7.95. The number of rotatable bonds is 15. The van der Waals surface area contributed by atoms with Gasteiger partial charge in [0.05, 0.1) is 22.8 Å². The number of hydrogen-bond acceptors (Lipinski definition) is 9. The molecular weight excluding hydrogens is 869 g/mol. The molecule has 1 amide bonds. The molecule has 11 nitrogen and oxygen atoms in total. The molecule has 4 aromatic carbocycles. The lowest BCUT2D eigenvalue weighted by molar-refractivity contribution is -0.115. The Balaban J connectivity index is 1.92. The Morgan fingerprint density at radius 1 is 0.767 bits per heavy atom. The first kappa shape index (κ1) is 47.5. The van der Waals surface area contributed by atoms with Gasteiger partial charge in [-0.05, 0) is 92.1 Å². The van der Waals surface area contributed by atoms with Crippen LogP contribution in [0.25, 0.3) is 0 Å². The van der Waals surface area contributed by atoms with Crippen LogP contribution in [0.4, 0.5) is 42.1 Å². The molecule has 0 spiro atoms. The highest BCUT2D eigenvalue weighted by Crippen LogP contribution is 2.40. The van der Waals surface area contributed by atoms with Crippen LogP contribution in [-0.4, -0.2) is 51.7 Å². The van der Waals surface area contributed by atoms with Gasteiger partial charge < -0.3 is 9.68 Å². The summed E-state index contributed by atoms with van der Waals surface area (Å²) >= 11 is 5.93. The molecule has 21 heteroatoms. The van der Waals surface area contributed by atoms with Gasteiger partial charge >= 0.3 is 31.1 Å². The first-order valence-corrected chi connectivity index (χ1v) is 20.8. The average Bonchev–Trinajstić information content (AvgIpc) is 3.15. The maximum Gasteiger partial charge on any atom is 0.517 e. The molecule has 4 aromatic rings. The van der Waals surface area contributed by atoms with Crippen molar-refractivity contribution in [3.05, 3.63) is 124 Å². The molecule has 0 bridgehead atoms. The van der Waals surface area contributed by atoms with Crippen molar-refractivity contribution in [1.29, 1.82) is 0 Å². The zero-order chi connectivity index (χ0) is 45.0. The van der Waals surface area contributed by atoms with Crippen molar-refractivity contribution in [1.82, 2.24) is 0 Å². The van der Waals surface area contributed by atoms with Gasteiger partial charge in [-0.25, -0.2) is 4.39 Å². The van der Waals surface area contributed by atoms with Crippen LogP contribution in [-0.2, 0) is 41.7 Å². The number of carbonyl (C=O) groups is 1. The molecule has 4 rings (SSSR count). The molecule has 0 heterocycles. The van der Waals surface area contributed by atoms with Gasteiger partial charge in [0, 0.05) is 35.0 Å². The zero-order valence-corrected chi connectivity index (χ0v) is 35.1. The highest BCUT2D eigenvalue weighted by Gasteiger charge is 2.53. The molecule has 0 aromatic heterocycles. The Kier molecular flexibility index (Phi) is 14.4. The summed E-state index contributed by atoms with van der Waals surface area (Å²) in [6.45, 7) is 6.51. The minimum atomic E-state index is -6.38. The average molecular weight is 907 g/mol. The van der Waals surface area contributed by atoms with Crippen LogP contribution in [0.1, 0.15) is 68.9 Å². The molecule has 0 fully saturated rings. The highest BCUT2D eigenvalue weighted by molar-refractivity contribution is 7.94. The predicted octanol–water partition coefficient (Wildman–Crippen LogP) is 9.76. The molecule has 0 saturated carbocycles. The van der Waals surface area contributed by atoms with Crippen LogP contribution in [0.15, 0.2) is 95.2 Å². The van der Waals surface area contributed by atoms with Gasteiger partial charge in [-0.2, -0.15) is 47.5 Å². The number of hydrogen-bond donors (Lipinski definition) is 0. The first-order valence-electron chi connectivity index (χ1n) is 17.6. The zero-order valence-electron chi connectivity index (χ0n) is 32.7. The SMILES string of the molecule is CC/C(=N\OCc1ccc(Cl)cc1)c1cc(C(C)(C)CN(c2ccc(C)cc2/C(C)=N/Oc2ccc(F)cc2)S(=O)(=O)C(F)(F)F)ccc1N(C(C)=O)S(=O)(=O)C(F)(F)F. The Labute approximate surface area is 347 Å². The number of amides is 1. The van der Waals surface area contributed by atoms with E-state index in [9.17, 15) is 52.4 Å². The molecule has 0 unspecified atom stereocenters. The van der Waals surface area contributed by atoms with E-state index in [0.717, 1.165) is 36.4 Å². The van der Waals surface area contributed by atoms with Crippen molar-refractivity contribution in [3.8, 4) is 5.75 Å². The highest BCUT2D eigenvalue weighted by atomic mass is 35.5. The van der Waals surface area contributed by atoms with Crippen molar-refractivity contribution >= 4 is 60.4 Å². The summed E-state index contributed by atoms with van der Waals surface area (Å²) < 4.78 is 151. The third kappa shape index (κ3) is 10.7. The van der Waals surface area contributed by atoms with Crippen molar-refractivity contribution in [2.24, 2.45) is 10.3 Å². The number of benzene rings is 4. The number of alkyl halides is 6. The van der Waals surface area contributed by atoms with E-state index in [2.05, 4.69) is 10.3 Å². The van der Waals surface area contributed by atoms with Gasteiger partial charge in [-0.3, -0.25) is 9.10 Å². The van der Waals surface area contributed by atoms with Crippen LogP contribution in [0.5, 0.6) is 5.75 Å². The number of aryl methyl sites for hydroxylation is 1. The molecule has 0 aliphatic rings. The standard InChI is InChI=1S/C39H38ClF7N4O7S2/c1-7-34(49-57-22-27-9-12-29(40)13-10-27)33-21-28(11-19-36(33)51(26(4)52)60(55,56)39(45,46)47)37(5,6)23-50(59(53,54)38(42,43)44)35-18-8-24(2)20-32(35)25(3)48-58-31-16-14-30(41)15-17-31/h8-21H,7,22-23H2,1-6H3/b48-25+,49-34+. The molecule has 0 radical (unpaired) electrons. The molecule has 0 aliphatic carbocycles. The molecule has 0 saturated heterocycles. The van der Waals surface area contributed by atoms with E-state index in [-0.39, 0.29) is 45.6 Å². The van der Waals surface area contributed by atoms with Gasteiger partial charge in [-0.15, -0.1) is 0 Å². The van der Waals surface area contributed by atoms with E-state index in [4.69, 9.17) is 21.3 Å². The van der Waals surface area contributed by atoms with E-state index in [1.807, 2.05) is 0 Å². The molecule has 60 heavy (non-hydrogen) atoms. The van der Waals surface area contributed by atoms with Crippen molar-refractivity contribution in [3.63, 3.8) is 0 Å². The summed E-state index contributed by atoms with van der Waals surface area (Å²) in [4.78, 5) is 23.5. The summed E-state index contributed by atoms with van der Waals surface area (Å²) in [5.74, 6) is -2.08. The van der Waals surface area contributed by atoms with Gasteiger partial charge in [0.2, 0.25) is 5.91 Å². The van der Waals surface area contributed by atoms with Gasteiger partial charge in [0.15, 0.2) is 5.75 Å². The van der Waals surface area contributed by atoms with Crippen molar-refractivity contribution < 1.29 is 62.0 Å². The molecule has 0 atom stereocenters. The quantitative estimate of drug-likeness (QED) is 0.0659. The van der Waals surface area contributed by atoms with E-state index in [1.165, 1.54) is 52.0 Å². The molecule has 0 aliphatic heterocycles. The van der Waals surface area contributed by atoms with E-state index >= 15 is 0 Å². The maximum absolute atomic E-state index is 14.5. The second-order valence-corrected chi connectivity index (χ2v) is 17.9. The van der Waals surface area contributed by atoms with E-state index in [1.54, 1.807) is 31.2 Å². The Morgan fingerprint density at radius 3 is 1.90 bits per heavy atom. The van der Waals surface area contributed by atoms with E-state index in [0.29, 0.717) is 23.1 Å². The Hall–Kier alpha value is -5.21. The minimum absolute atomic E-state index is 0.0194. The summed E-state index contributed by atoms with van der Waals surface area (Å²) in [7, 11) is -12.6. The lowest BCUT2D eigenvalue weighted by Gasteiger charge is -2.36. The topological polar surface area (TPSA) is 135 Å². The van der Waals surface area contributed by atoms with Crippen LogP contribution in [0.2, 0.25) is 5.02 Å². The van der Waals surface area contributed by atoms with Crippen molar-refractivity contribution in [2.45, 2.75) is 71.0 Å². The second kappa shape index (κ2) is 18.2. The first-order chi connectivity index (χ1) is 27.7. The number of sulfonamides is 2. The summed E-state index contributed by atoms with van der Waals surface area (Å²) in [5, 5.41) is 8.39. The number of nitrogens with zero attached hydrogens (tertiary/aromatic N) is 4. The Bertz CT molecular complexity index is 2500. The second-order valence-electron chi connectivity index (χ2n) is 13.8. The van der Waals surface area contributed by atoms with Crippen molar-refractivity contribution in [2.75, 3.05) is 15.2 Å². The number of halogens is 8.